The quantitative estimate of drug-likeness (QED) is 0.196. The van der Waals surface area contributed by atoms with E-state index in [4.69, 9.17) is 37.9 Å². The third kappa shape index (κ3) is 11.0. The van der Waals surface area contributed by atoms with Crippen LogP contribution >= 0.6 is 11.8 Å². The van der Waals surface area contributed by atoms with Crippen LogP contribution in [0.25, 0.3) is 0 Å². The molecule has 2 saturated heterocycles. The molecule has 0 bridgehead atoms. The van der Waals surface area contributed by atoms with Gasteiger partial charge in [-0.2, -0.15) is 0 Å². The maximum Gasteiger partial charge on any atom is 0.303 e. The van der Waals surface area contributed by atoms with Crippen LogP contribution in [0.5, 0.6) is 0 Å². The normalized spacial score (nSPS) is 25.4. The fraction of sp³-hybridized carbons (Fsp3) is 0.633. The smallest absolute Gasteiger partial charge is 0.303 e. The lowest BCUT2D eigenvalue weighted by Crippen LogP contribution is -2.66. The highest BCUT2D eigenvalue weighted by Gasteiger charge is 2.54. The SMILES string of the molecule is CSc1ccc(CC(=O)NC2(CO[C@@H]3O[C@H](COC(C)=O)[C@H](OC(C)=O)[C@H](OC(C)=O)[C@H]3OC(C)=O)COC(C)(C)OC2)cc1. The van der Waals surface area contributed by atoms with Gasteiger partial charge < -0.3 is 43.2 Å². The average Bonchev–Trinajstić information content (AvgIpc) is 2.94. The van der Waals surface area contributed by atoms with Gasteiger partial charge in [0.1, 0.15) is 18.2 Å². The molecule has 250 valence electrons. The summed E-state index contributed by atoms with van der Waals surface area (Å²) in [6, 6.07) is 7.57. The number of carbonyl (C=O) groups excluding carboxylic acids is 5. The van der Waals surface area contributed by atoms with Crippen molar-refractivity contribution in [3.8, 4) is 0 Å². The molecule has 0 saturated carbocycles. The molecule has 0 spiro atoms. The number of benzene rings is 1. The molecule has 3 rings (SSSR count). The number of amides is 1. The standard InChI is InChI=1S/C30H41NO13S/c1-17(32)37-13-23-25(41-18(2)33)26(42-19(3)34)27(43-20(4)35)28(44-23)38-14-30(15-39-29(5,6)40-16-30)31-24(36)12-21-8-10-22(45-7)11-9-21/h8-11,23,25-28H,12-16H2,1-7H3,(H,31,36)/t23-,25+,26+,27-,28-/m1/s1. The minimum Gasteiger partial charge on any atom is -0.463 e. The molecular formula is C30H41NO13S. The number of carbonyl (C=O) groups is 5. The Hall–Kier alpha value is -3.24. The van der Waals surface area contributed by atoms with E-state index in [0.717, 1.165) is 31.2 Å². The van der Waals surface area contributed by atoms with Gasteiger partial charge in [-0.15, -0.1) is 11.8 Å². The van der Waals surface area contributed by atoms with Gasteiger partial charge in [-0.3, -0.25) is 24.0 Å². The van der Waals surface area contributed by atoms with Crippen LogP contribution < -0.4 is 5.32 Å². The Morgan fingerprint density at radius 2 is 1.40 bits per heavy atom. The topological polar surface area (TPSA) is 171 Å². The number of rotatable bonds is 12. The highest BCUT2D eigenvalue weighted by molar-refractivity contribution is 7.98. The minimum atomic E-state index is -1.44. The number of ether oxygens (including phenoxy) is 8. The second-order valence-corrected chi connectivity index (χ2v) is 12.1. The van der Waals surface area contributed by atoms with Gasteiger partial charge in [0.2, 0.25) is 5.91 Å². The summed E-state index contributed by atoms with van der Waals surface area (Å²) < 4.78 is 45.4. The number of hydrogen-bond acceptors (Lipinski definition) is 14. The van der Waals surface area contributed by atoms with E-state index in [1.165, 1.54) is 6.92 Å². The van der Waals surface area contributed by atoms with E-state index in [1.807, 2.05) is 30.5 Å². The number of nitrogens with one attached hydrogen (secondary N) is 1. The van der Waals surface area contributed by atoms with Crippen LogP contribution in [0.15, 0.2) is 29.2 Å². The van der Waals surface area contributed by atoms with Gasteiger partial charge in [0.15, 0.2) is 30.4 Å². The summed E-state index contributed by atoms with van der Waals surface area (Å²) >= 11 is 1.59. The fourth-order valence-electron chi connectivity index (χ4n) is 4.73. The first kappa shape index (κ1) is 36.2. The van der Waals surface area contributed by atoms with Crippen molar-refractivity contribution in [3.05, 3.63) is 29.8 Å². The van der Waals surface area contributed by atoms with Crippen molar-refractivity contribution in [2.75, 3.05) is 32.7 Å². The van der Waals surface area contributed by atoms with E-state index in [0.29, 0.717) is 0 Å². The van der Waals surface area contributed by atoms with Crippen molar-refractivity contribution in [2.24, 2.45) is 0 Å². The maximum atomic E-state index is 13.2. The Morgan fingerprint density at radius 1 is 0.844 bits per heavy atom. The number of thioether (sulfide) groups is 1. The Morgan fingerprint density at radius 3 is 1.93 bits per heavy atom. The molecule has 2 aliphatic heterocycles. The van der Waals surface area contributed by atoms with E-state index >= 15 is 0 Å². The van der Waals surface area contributed by atoms with Crippen LogP contribution in [0.2, 0.25) is 0 Å². The summed E-state index contributed by atoms with van der Waals surface area (Å²) in [4.78, 5) is 62.2. The predicted molar refractivity (Wildman–Crippen MR) is 157 cm³/mol. The van der Waals surface area contributed by atoms with Crippen LogP contribution in [0.3, 0.4) is 0 Å². The molecule has 5 atom stereocenters. The Kier molecular flexibility index (Phi) is 12.8. The second-order valence-electron chi connectivity index (χ2n) is 11.2. The first-order chi connectivity index (χ1) is 21.1. The van der Waals surface area contributed by atoms with Gasteiger partial charge in [-0.25, -0.2) is 0 Å². The molecule has 1 amide bonds. The molecular weight excluding hydrogens is 614 g/mol. The third-order valence-electron chi connectivity index (χ3n) is 6.79. The first-order valence-electron chi connectivity index (χ1n) is 14.3. The van der Waals surface area contributed by atoms with E-state index in [-0.39, 0.29) is 32.1 Å². The Balaban J connectivity index is 1.89. The van der Waals surface area contributed by atoms with Gasteiger partial charge in [-0.1, -0.05) is 12.1 Å². The summed E-state index contributed by atoms with van der Waals surface area (Å²) in [6.07, 6.45) is -4.75. The van der Waals surface area contributed by atoms with Gasteiger partial charge in [0, 0.05) is 32.6 Å². The third-order valence-corrected chi connectivity index (χ3v) is 7.54. The second kappa shape index (κ2) is 15.9. The van der Waals surface area contributed by atoms with Gasteiger partial charge in [0.05, 0.1) is 26.2 Å². The molecule has 2 fully saturated rings. The Labute approximate surface area is 266 Å². The fourth-order valence-corrected chi connectivity index (χ4v) is 5.14. The van der Waals surface area contributed by atoms with Crippen molar-refractivity contribution in [1.82, 2.24) is 5.32 Å². The van der Waals surface area contributed by atoms with Crippen molar-refractivity contribution in [3.63, 3.8) is 0 Å². The lowest BCUT2D eigenvalue weighted by atomic mass is 9.97. The van der Waals surface area contributed by atoms with Crippen LogP contribution in [-0.4, -0.2) is 104 Å². The molecule has 1 N–H and O–H groups in total. The van der Waals surface area contributed by atoms with Gasteiger partial charge >= 0.3 is 23.9 Å². The number of esters is 4. The summed E-state index contributed by atoms with van der Waals surface area (Å²) in [5, 5.41) is 2.97. The zero-order chi connectivity index (χ0) is 33.4. The Bertz CT molecular complexity index is 1210. The molecule has 1 aromatic carbocycles. The average molecular weight is 656 g/mol. The highest BCUT2D eigenvalue weighted by Crippen LogP contribution is 2.32. The lowest BCUT2D eigenvalue weighted by Gasteiger charge is -2.46. The highest BCUT2D eigenvalue weighted by atomic mass is 32.2. The van der Waals surface area contributed by atoms with Gasteiger partial charge in [-0.05, 0) is 37.8 Å². The monoisotopic (exact) mass is 655 g/mol. The van der Waals surface area contributed by atoms with Gasteiger partial charge in [0.25, 0.3) is 0 Å². The van der Waals surface area contributed by atoms with E-state index in [2.05, 4.69) is 5.32 Å². The van der Waals surface area contributed by atoms with Crippen molar-refractivity contribution >= 4 is 41.5 Å². The van der Waals surface area contributed by atoms with E-state index in [1.54, 1.807) is 25.6 Å². The largest absolute Gasteiger partial charge is 0.463 e. The lowest BCUT2D eigenvalue weighted by molar-refractivity contribution is -0.321. The van der Waals surface area contributed by atoms with Crippen molar-refractivity contribution < 1.29 is 61.9 Å². The van der Waals surface area contributed by atoms with Crippen molar-refractivity contribution in [1.29, 1.82) is 0 Å². The van der Waals surface area contributed by atoms with E-state index < -0.39 is 72.5 Å². The van der Waals surface area contributed by atoms with E-state index in [9.17, 15) is 24.0 Å². The summed E-state index contributed by atoms with van der Waals surface area (Å²) in [5.74, 6) is -4.20. The molecule has 2 aliphatic rings. The first-order valence-corrected chi connectivity index (χ1v) is 15.5. The zero-order valence-corrected chi connectivity index (χ0v) is 27.3. The van der Waals surface area contributed by atoms with Crippen LogP contribution in [0.1, 0.15) is 47.1 Å². The van der Waals surface area contributed by atoms with Crippen molar-refractivity contribution in [2.45, 2.75) is 94.9 Å². The molecule has 0 unspecified atom stereocenters. The minimum absolute atomic E-state index is 0.0115. The molecule has 2 heterocycles. The summed E-state index contributed by atoms with van der Waals surface area (Å²) in [6.45, 7) is 7.32. The molecule has 1 aromatic rings. The van der Waals surface area contributed by atoms with Crippen LogP contribution in [-0.2, 0) is 68.3 Å². The molecule has 0 aromatic heterocycles. The molecule has 0 radical (unpaired) electrons. The summed E-state index contributed by atoms with van der Waals surface area (Å²) in [7, 11) is 0. The number of hydrogen-bond donors (Lipinski definition) is 1. The molecule has 14 nitrogen and oxygen atoms in total. The molecule has 0 aliphatic carbocycles. The molecule has 45 heavy (non-hydrogen) atoms. The maximum absolute atomic E-state index is 13.2. The zero-order valence-electron chi connectivity index (χ0n) is 26.4. The van der Waals surface area contributed by atoms with Crippen LogP contribution in [0, 0.1) is 0 Å². The molecule has 15 heteroatoms. The van der Waals surface area contributed by atoms with Crippen LogP contribution in [0.4, 0.5) is 0 Å². The predicted octanol–water partition coefficient (Wildman–Crippen LogP) is 1.69. The summed E-state index contributed by atoms with van der Waals surface area (Å²) in [5.41, 5.74) is -0.427.